The first-order valence-electron chi connectivity index (χ1n) is 7.92. The number of fused-ring (bicyclic) bond motifs is 1. The predicted octanol–water partition coefficient (Wildman–Crippen LogP) is 2.81. The van der Waals surface area contributed by atoms with E-state index in [9.17, 15) is 4.79 Å². The second-order valence-corrected chi connectivity index (χ2v) is 5.93. The number of nitrogens with one attached hydrogen (secondary N) is 2. The van der Waals surface area contributed by atoms with Gasteiger partial charge in [-0.2, -0.15) is 5.10 Å². The van der Waals surface area contributed by atoms with Gasteiger partial charge in [0.1, 0.15) is 0 Å². The average molecular weight is 310 g/mol. The van der Waals surface area contributed by atoms with E-state index in [4.69, 9.17) is 0 Å². The molecule has 0 bridgehead atoms. The SMILES string of the molecule is CC[C@H](NCc1cc(=O)c2cc(C)ccc2[nH]1)c1ccnn1C. The Morgan fingerprint density at radius 1 is 1.30 bits per heavy atom. The van der Waals surface area contributed by atoms with Crippen LogP contribution >= 0.6 is 0 Å². The highest BCUT2D eigenvalue weighted by Crippen LogP contribution is 2.16. The van der Waals surface area contributed by atoms with E-state index in [1.807, 2.05) is 42.9 Å². The quantitative estimate of drug-likeness (QED) is 0.762. The maximum Gasteiger partial charge on any atom is 0.189 e. The first-order valence-corrected chi connectivity index (χ1v) is 7.92. The predicted molar refractivity (Wildman–Crippen MR) is 92.4 cm³/mol. The molecule has 5 nitrogen and oxygen atoms in total. The smallest absolute Gasteiger partial charge is 0.189 e. The van der Waals surface area contributed by atoms with Gasteiger partial charge in [0.05, 0.1) is 5.69 Å². The zero-order valence-electron chi connectivity index (χ0n) is 13.8. The van der Waals surface area contributed by atoms with Crippen molar-refractivity contribution in [3.8, 4) is 0 Å². The molecule has 2 N–H and O–H groups in total. The maximum absolute atomic E-state index is 12.3. The fourth-order valence-electron chi connectivity index (χ4n) is 2.93. The van der Waals surface area contributed by atoms with Crippen LogP contribution in [0, 0.1) is 6.92 Å². The van der Waals surface area contributed by atoms with E-state index in [2.05, 4.69) is 22.3 Å². The number of aryl methyl sites for hydroxylation is 2. The fraction of sp³-hybridized carbons (Fsp3) is 0.333. The normalized spacial score (nSPS) is 12.7. The number of benzene rings is 1. The average Bonchev–Trinajstić information content (AvgIpc) is 2.95. The molecule has 0 aliphatic carbocycles. The fourth-order valence-corrected chi connectivity index (χ4v) is 2.93. The zero-order valence-corrected chi connectivity index (χ0v) is 13.8. The molecule has 0 aliphatic rings. The van der Waals surface area contributed by atoms with Crippen LogP contribution in [0.25, 0.3) is 10.9 Å². The van der Waals surface area contributed by atoms with Gasteiger partial charge in [0.15, 0.2) is 5.43 Å². The van der Waals surface area contributed by atoms with E-state index < -0.39 is 0 Å². The first-order chi connectivity index (χ1) is 11.1. The van der Waals surface area contributed by atoms with Gasteiger partial charge in [0.25, 0.3) is 0 Å². The molecule has 0 radical (unpaired) electrons. The summed E-state index contributed by atoms with van der Waals surface area (Å²) < 4.78 is 1.88. The largest absolute Gasteiger partial charge is 0.357 e. The van der Waals surface area contributed by atoms with Gasteiger partial charge in [-0.25, -0.2) is 0 Å². The van der Waals surface area contributed by atoms with Crippen LogP contribution in [-0.4, -0.2) is 14.8 Å². The molecule has 0 saturated heterocycles. The van der Waals surface area contributed by atoms with E-state index in [-0.39, 0.29) is 11.5 Å². The van der Waals surface area contributed by atoms with Crippen molar-refractivity contribution in [2.45, 2.75) is 32.9 Å². The van der Waals surface area contributed by atoms with Crippen molar-refractivity contribution in [1.29, 1.82) is 0 Å². The molecule has 1 aromatic carbocycles. The maximum atomic E-state index is 12.3. The Morgan fingerprint density at radius 3 is 2.83 bits per heavy atom. The molecule has 0 amide bonds. The summed E-state index contributed by atoms with van der Waals surface area (Å²) in [5.74, 6) is 0. The Morgan fingerprint density at radius 2 is 2.13 bits per heavy atom. The lowest BCUT2D eigenvalue weighted by atomic mass is 10.1. The molecule has 23 heavy (non-hydrogen) atoms. The topological polar surface area (TPSA) is 62.7 Å². The molecule has 0 fully saturated rings. The monoisotopic (exact) mass is 310 g/mol. The number of aromatic nitrogens is 3. The minimum absolute atomic E-state index is 0.0628. The molecule has 5 heteroatoms. The van der Waals surface area contributed by atoms with Crippen molar-refractivity contribution in [3.05, 3.63) is 63.7 Å². The Bertz CT molecular complexity index is 878. The van der Waals surface area contributed by atoms with Crippen LogP contribution in [-0.2, 0) is 13.6 Å². The summed E-state index contributed by atoms with van der Waals surface area (Å²) in [7, 11) is 1.94. The van der Waals surface area contributed by atoms with E-state index >= 15 is 0 Å². The van der Waals surface area contributed by atoms with Gasteiger partial charge in [0, 0.05) is 48.5 Å². The Balaban J connectivity index is 1.83. The molecule has 0 spiro atoms. The van der Waals surface area contributed by atoms with Gasteiger partial charge in [-0.1, -0.05) is 18.6 Å². The van der Waals surface area contributed by atoms with Crippen LogP contribution < -0.4 is 10.7 Å². The number of rotatable bonds is 5. The van der Waals surface area contributed by atoms with E-state index in [1.54, 1.807) is 12.3 Å². The summed E-state index contributed by atoms with van der Waals surface area (Å²) in [6.45, 7) is 4.74. The third-order valence-corrected chi connectivity index (χ3v) is 4.20. The van der Waals surface area contributed by atoms with Crippen LogP contribution in [0.1, 0.15) is 36.3 Å². The molecule has 0 aliphatic heterocycles. The highest BCUT2D eigenvalue weighted by atomic mass is 16.1. The number of nitrogens with zero attached hydrogens (tertiary/aromatic N) is 2. The lowest BCUT2D eigenvalue weighted by Crippen LogP contribution is -2.23. The number of hydrogen-bond donors (Lipinski definition) is 2. The van der Waals surface area contributed by atoms with Crippen LogP contribution in [0.4, 0.5) is 0 Å². The summed E-state index contributed by atoms with van der Waals surface area (Å²) in [6, 6.07) is 9.82. The molecule has 1 atom stereocenters. The third-order valence-electron chi connectivity index (χ3n) is 4.20. The highest BCUT2D eigenvalue weighted by Gasteiger charge is 2.12. The third kappa shape index (κ3) is 3.19. The molecule has 2 heterocycles. The van der Waals surface area contributed by atoms with Gasteiger partial charge in [-0.3, -0.25) is 9.48 Å². The van der Waals surface area contributed by atoms with Gasteiger partial charge in [0.2, 0.25) is 0 Å². The number of hydrogen-bond acceptors (Lipinski definition) is 3. The Labute approximate surface area is 135 Å². The minimum Gasteiger partial charge on any atom is -0.357 e. The number of H-pyrrole nitrogens is 1. The highest BCUT2D eigenvalue weighted by molar-refractivity contribution is 5.79. The first kappa shape index (κ1) is 15.5. The van der Waals surface area contributed by atoms with Gasteiger partial charge < -0.3 is 10.3 Å². The Hall–Kier alpha value is -2.40. The number of aromatic amines is 1. The van der Waals surface area contributed by atoms with Gasteiger partial charge in [-0.15, -0.1) is 0 Å². The number of pyridine rings is 1. The van der Waals surface area contributed by atoms with Crippen LogP contribution in [0.15, 0.2) is 41.3 Å². The molecule has 0 unspecified atom stereocenters. The lowest BCUT2D eigenvalue weighted by molar-refractivity contribution is 0.480. The zero-order chi connectivity index (χ0) is 16.4. The molecule has 120 valence electrons. The second-order valence-electron chi connectivity index (χ2n) is 5.93. The van der Waals surface area contributed by atoms with E-state index in [1.165, 1.54) is 0 Å². The van der Waals surface area contributed by atoms with Crippen molar-refractivity contribution < 1.29 is 0 Å². The van der Waals surface area contributed by atoms with Crippen molar-refractivity contribution >= 4 is 10.9 Å². The minimum atomic E-state index is 0.0628. The van der Waals surface area contributed by atoms with Crippen molar-refractivity contribution in [3.63, 3.8) is 0 Å². The van der Waals surface area contributed by atoms with E-state index in [0.29, 0.717) is 6.54 Å². The van der Waals surface area contributed by atoms with Crippen LogP contribution in [0.2, 0.25) is 0 Å². The second kappa shape index (κ2) is 6.38. The van der Waals surface area contributed by atoms with Gasteiger partial charge >= 0.3 is 0 Å². The van der Waals surface area contributed by atoms with Crippen LogP contribution in [0.3, 0.4) is 0 Å². The van der Waals surface area contributed by atoms with E-state index in [0.717, 1.165) is 34.3 Å². The summed E-state index contributed by atoms with van der Waals surface area (Å²) in [5, 5.41) is 8.47. The summed E-state index contributed by atoms with van der Waals surface area (Å²) >= 11 is 0. The molecular weight excluding hydrogens is 288 g/mol. The molecule has 2 aromatic heterocycles. The van der Waals surface area contributed by atoms with Crippen molar-refractivity contribution in [2.24, 2.45) is 7.05 Å². The summed E-state index contributed by atoms with van der Waals surface area (Å²) in [6.07, 6.45) is 2.76. The standard InChI is InChI=1S/C18H22N4O/c1-4-15(17-7-8-20-22(17)3)19-11-13-10-18(23)14-9-12(2)5-6-16(14)21-13/h5-10,15,19H,4,11H2,1-3H3,(H,21,23)/t15-/m0/s1. The lowest BCUT2D eigenvalue weighted by Gasteiger charge is -2.17. The molecule has 3 aromatic rings. The summed E-state index contributed by atoms with van der Waals surface area (Å²) in [5.41, 5.74) is 4.08. The molecular formula is C18H22N4O. The molecule has 0 saturated carbocycles. The Kier molecular flexibility index (Phi) is 4.30. The van der Waals surface area contributed by atoms with Crippen LogP contribution in [0.5, 0.6) is 0 Å². The summed E-state index contributed by atoms with van der Waals surface area (Å²) in [4.78, 5) is 15.6. The van der Waals surface area contributed by atoms with Crippen molar-refractivity contribution in [1.82, 2.24) is 20.1 Å². The molecule has 3 rings (SSSR count). The van der Waals surface area contributed by atoms with Gasteiger partial charge in [-0.05, 0) is 31.5 Å². The van der Waals surface area contributed by atoms with Crippen molar-refractivity contribution in [2.75, 3.05) is 0 Å².